The Morgan fingerprint density at radius 2 is 1.78 bits per heavy atom. The summed E-state index contributed by atoms with van der Waals surface area (Å²) in [5, 5.41) is 1.35. The Bertz CT molecular complexity index is 1800. The number of hydrogen-bond acceptors (Lipinski definition) is 6. The number of esters is 1. The van der Waals surface area contributed by atoms with Crippen LogP contribution in [0.2, 0.25) is 0 Å². The van der Waals surface area contributed by atoms with Crippen LogP contribution in [0.25, 0.3) is 33.0 Å². The van der Waals surface area contributed by atoms with Crippen LogP contribution in [0, 0.1) is 6.92 Å². The summed E-state index contributed by atoms with van der Waals surface area (Å²) in [6, 6.07) is 19.8. The molecule has 0 radical (unpaired) electrons. The second kappa shape index (κ2) is 8.23. The number of pyridine rings is 1. The standard InChI is InChI=1S/C29H21NO6/c1-15-10-23-27(19(13-24(31)35-23)16-6-4-3-5-7-16)28-26(15)20(14-25(32)36-28)21-11-17-8-9-18(34-2)12-22(17)30-29(21)33/h3-13,20H,14H2,1-2H3,(H,30,33)/t20-/m0/s1. The molecule has 0 unspecified atom stereocenters. The number of hydrogen-bond donors (Lipinski definition) is 1. The largest absolute Gasteiger partial charge is 0.497 e. The van der Waals surface area contributed by atoms with Crippen molar-refractivity contribution in [3.63, 3.8) is 0 Å². The van der Waals surface area contributed by atoms with E-state index in [-0.39, 0.29) is 12.0 Å². The highest BCUT2D eigenvalue weighted by Crippen LogP contribution is 2.46. The Morgan fingerprint density at radius 3 is 2.56 bits per heavy atom. The molecule has 1 aliphatic heterocycles. The van der Waals surface area contributed by atoms with E-state index in [4.69, 9.17) is 13.9 Å². The minimum Gasteiger partial charge on any atom is -0.497 e. The number of H-pyrrole nitrogens is 1. The second-order valence-electron chi connectivity index (χ2n) is 8.89. The first-order chi connectivity index (χ1) is 17.4. The second-order valence-corrected chi connectivity index (χ2v) is 8.89. The van der Waals surface area contributed by atoms with E-state index in [1.165, 1.54) is 6.07 Å². The van der Waals surface area contributed by atoms with Crippen molar-refractivity contribution < 1.29 is 18.7 Å². The topological polar surface area (TPSA) is 98.6 Å². The molecule has 1 N–H and O–H groups in total. The molecule has 0 saturated heterocycles. The fourth-order valence-corrected chi connectivity index (χ4v) is 5.09. The SMILES string of the molecule is COc1ccc2cc([C@@H]3CC(=O)Oc4c3c(C)cc3oc(=O)cc(-c5ccccc5)c43)c(=O)[nH]c2c1. The number of carbonyl (C=O) groups is 1. The molecule has 5 aromatic rings. The summed E-state index contributed by atoms with van der Waals surface area (Å²) in [6.07, 6.45) is 0.0154. The van der Waals surface area contributed by atoms with Gasteiger partial charge in [0.15, 0.2) is 0 Å². The van der Waals surface area contributed by atoms with Gasteiger partial charge in [-0.15, -0.1) is 0 Å². The summed E-state index contributed by atoms with van der Waals surface area (Å²) in [6.45, 7) is 1.86. The molecule has 0 spiro atoms. The van der Waals surface area contributed by atoms with Crippen molar-refractivity contribution in [2.75, 3.05) is 7.11 Å². The van der Waals surface area contributed by atoms with E-state index in [2.05, 4.69) is 4.98 Å². The molecule has 2 aromatic heterocycles. The van der Waals surface area contributed by atoms with E-state index < -0.39 is 17.5 Å². The third kappa shape index (κ3) is 3.48. The lowest BCUT2D eigenvalue weighted by Crippen LogP contribution is -2.26. The molecule has 3 aromatic carbocycles. The van der Waals surface area contributed by atoms with Crippen LogP contribution >= 0.6 is 0 Å². The molecule has 7 nitrogen and oxygen atoms in total. The lowest BCUT2D eigenvalue weighted by atomic mass is 9.82. The van der Waals surface area contributed by atoms with Crippen LogP contribution in [0.1, 0.15) is 29.0 Å². The number of fused-ring (bicyclic) bond motifs is 4. The zero-order chi connectivity index (χ0) is 25.0. The number of carbonyl (C=O) groups excluding carboxylic acids is 1. The van der Waals surface area contributed by atoms with Gasteiger partial charge in [0.05, 0.1) is 24.4 Å². The van der Waals surface area contributed by atoms with E-state index in [9.17, 15) is 14.4 Å². The summed E-state index contributed by atoms with van der Waals surface area (Å²) in [5.41, 5.74) is 3.53. The Balaban J connectivity index is 1.64. The van der Waals surface area contributed by atoms with Crippen LogP contribution in [-0.2, 0) is 4.79 Å². The van der Waals surface area contributed by atoms with Crippen LogP contribution in [0.4, 0.5) is 0 Å². The normalized spacial score (nSPS) is 15.1. The third-order valence-corrected chi connectivity index (χ3v) is 6.71. The van der Waals surface area contributed by atoms with Gasteiger partial charge >= 0.3 is 11.6 Å². The van der Waals surface area contributed by atoms with Crippen LogP contribution in [0.15, 0.2) is 80.7 Å². The van der Waals surface area contributed by atoms with Gasteiger partial charge in [0.25, 0.3) is 5.56 Å². The van der Waals surface area contributed by atoms with Crippen LogP contribution in [0.3, 0.4) is 0 Å². The van der Waals surface area contributed by atoms with E-state index in [1.54, 1.807) is 19.2 Å². The molecule has 36 heavy (non-hydrogen) atoms. The predicted molar refractivity (Wildman–Crippen MR) is 136 cm³/mol. The minimum absolute atomic E-state index is 0.0154. The van der Waals surface area contributed by atoms with Crippen molar-refractivity contribution in [2.45, 2.75) is 19.3 Å². The number of aromatic amines is 1. The Labute approximate surface area is 204 Å². The first kappa shape index (κ1) is 21.9. The fourth-order valence-electron chi connectivity index (χ4n) is 5.09. The first-order valence-electron chi connectivity index (χ1n) is 11.5. The highest BCUT2D eigenvalue weighted by molar-refractivity contribution is 6.01. The molecule has 0 fully saturated rings. The highest BCUT2D eigenvalue weighted by Gasteiger charge is 2.34. The van der Waals surface area contributed by atoms with Crippen LogP contribution in [0.5, 0.6) is 11.5 Å². The highest BCUT2D eigenvalue weighted by atomic mass is 16.5. The summed E-state index contributed by atoms with van der Waals surface area (Å²) in [5.74, 6) is -0.0342. The number of benzene rings is 3. The van der Waals surface area contributed by atoms with Gasteiger partial charge in [0, 0.05) is 34.7 Å². The maximum absolute atomic E-state index is 13.2. The van der Waals surface area contributed by atoms with Crippen molar-refractivity contribution in [1.29, 1.82) is 0 Å². The number of aryl methyl sites for hydroxylation is 1. The molecular weight excluding hydrogens is 458 g/mol. The summed E-state index contributed by atoms with van der Waals surface area (Å²) < 4.78 is 16.6. The zero-order valence-corrected chi connectivity index (χ0v) is 19.6. The average Bonchev–Trinajstić information content (AvgIpc) is 2.87. The number of ether oxygens (including phenoxy) is 2. The minimum atomic E-state index is -0.531. The van der Waals surface area contributed by atoms with Gasteiger partial charge in [-0.2, -0.15) is 0 Å². The molecule has 0 bridgehead atoms. The molecule has 1 atom stereocenters. The summed E-state index contributed by atoms with van der Waals surface area (Å²) in [7, 11) is 1.57. The first-order valence-corrected chi connectivity index (χ1v) is 11.5. The molecule has 1 aliphatic rings. The lowest BCUT2D eigenvalue weighted by molar-refractivity contribution is -0.135. The van der Waals surface area contributed by atoms with Crippen LogP contribution < -0.4 is 20.7 Å². The maximum atomic E-state index is 13.2. The molecule has 7 heteroatoms. The number of aromatic nitrogens is 1. The zero-order valence-electron chi connectivity index (χ0n) is 19.6. The van der Waals surface area contributed by atoms with Gasteiger partial charge in [0.2, 0.25) is 0 Å². The molecule has 3 heterocycles. The number of nitrogens with one attached hydrogen (secondary N) is 1. The summed E-state index contributed by atoms with van der Waals surface area (Å²) in [4.78, 5) is 41.5. The molecule has 0 amide bonds. The molecule has 0 saturated carbocycles. The molecule has 0 aliphatic carbocycles. The molecular formula is C29H21NO6. The van der Waals surface area contributed by atoms with Crippen LogP contribution in [-0.4, -0.2) is 18.1 Å². The van der Waals surface area contributed by atoms with Gasteiger partial charge in [0.1, 0.15) is 17.1 Å². The van der Waals surface area contributed by atoms with Gasteiger partial charge in [-0.3, -0.25) is 9.59 Å². The smallest absolute Gasteiger partial charge is 0.336 e. The van der Waals surface area contributed by atoms with Gasteiger partial charge < -0.3 is 18.9 Å². The van der Waals surface area contributed by atoms with Gasteiger partial charge in [-0.1, -0.05) is 30.3 Å². The number of rotatable bonds is 3. The quantitative estimate of drug-likeness (QED) is 0.221. The van der Waals surface area contributed by atoms with E-state index in [0.29, 0.717) is 39.1 Å². The van der Waals surface area contributed by atoms with E-state index in [1.807, 2.05) is 55.5 Å². The average molecular weight is 479 g/mol. The third-order valence-electron chi connectivity index (χ3n) is 6.71. The van der Waals surface area contributed by atoms with Crippen molar-refractivity contribution >= 4 is 27.8 Å². The molecule has 178 valence electrons. The Hall–Kier alpha value is -4.65. The monoisotopic (exact) mass is 479 g/mol. The number of methoxy groups -OCH3 is 1. The Kier molecular flexibility index (Phi) is 5.00. The van der Waals surface area contributed by atoms with Crippen molar-refractivity contribution in [2.24, 2.45) is 0 Å². The van der Waals surface area contributed by atoms with Crippen molar-refractivity contribution in [3.05, 3.63) is 104 Å². The Morgan fingerprint density at radius 1 is 0.972 bits per heavy atom. The van der Waals surface area contributed by atoms with Gasteiger partial charge in [-0.05, 0) is 47.7 Å². The van der Waals surface area contributed by atoms with Gasteiger partial charge in [-0.25, -0.2) is 4.79 Å². The fraction of sp³-hybridized carbons (Fsp3) is 0.138. The van der Waals surface area contributed by atoms with E-state index in [0.717, 1.165) is 22.1 Å². The van der Waals surface area contributed by atoms with Crippen molar-refractivity contribution in [3.8, 4) is 22.6 Å². The van der Waals surface area contributed by atoms with E-state index >= 15 is 0 Å². The lowest BCUT2D eigenvalue weighted by Gasteiger charge is -2.28. The maximum Gasteiger partial charge on any atom is 0.336 e. The summed E-state index contributed by atoms with van der Waals surface area (Å²) >= 11 is 0. The predicted octanol–water partition coefficient (Wildman–Crippen LogP) is 5.06. The molecule has 6 rings (SSSR count). The van der Waals surface area contributed by atoms with Crippen molar-refractivity contribution in [1.82, 2.24) is 4.98 Å².